The lowest BCUT2D eigenvalue weighted by Gasteiger charge is -2.36. The molecule has 1 N–H and O–H groups in total. The Hall–Kier alpha value is -1.92. The van der Waals surface area contributed by atoms with Crippen molar-refractivity contribution in [2.75, 3.05) is 39.4 Å². The van der Waals surface area contributed by atoms with Crippen LogP contribution in [0, 0.1) is 5.92 Å². The van der Waals surface area contributed by atoms with Gasteiger partial charge in [-0.3, -0.25) is 14.5 Å². The molecule has 27 heavy (non-hydrogen) atoms. The van der Waals surface area contributed by atoms with Crippen molar-refractivity contribution in [3.8, 4) is 0 Å². The third kappa shape index (κ3) is 5.30. The standard InChI is InChI=1S/C21H31N3O3/c1-16(2)19(23-9-11-27-12-10-23)14-22-21(26)18-6-3-5-17(13-18)15-24-8-4-7-20(24)25/h3,5-6,13,16,19H,4,7-12,14-15H2,1-2H3,(H,22,26). The third-order valence-corrected chi connectivity index (χ3v) is 5.49. The van der Waals surface area contributed by atoms with Gasteiger partial charge in [-0.1, -0.05) is 26.0 Å². The second-order valence-corrected chi connectivity index (χ2v) is 7.79. The number of amides is 2. The zero-order valence-electron chi connectivity index (χ0n) is 16.4. The lowest BCUT2D eigenvalue weighted by Crippen LogP contribution is -2.51. The lowest BCUT2D eigenvalue weighted by atomic mass is 10.0. The fourth-order valence-corrected chi connectivity index (χ4v) is 3.90. The fraction of sp³-hybridized carbons (Fsp3) is 0.619. The SMILES string of the molecule is CC(C)C(CNC(=O)c1cccc(CN2CCCC2=O)c1)N1CCOCC1. The first-order valence-corrected chi connectivity index (χ1v) is 10.0. The van der Waals surface area contributed by atoms with Crippen molar-refractivity contribution >= 4 is 11.8 Å². The molecule has 6 nitrogen and oxygen atoms in total. The normalized spacial score (nSPS) is 19.5. The molecule has 0 aliphatic carbocycles. The van der Waals surface area contributed by atoms with Crippen molar-refractivity contribution in [3.63, 3.8) is 0 Å². The average molecular weight is 373 g/mol. The van der Waals surface area contributed by atoms with Gasteiger partial charge in [-0.2, -0.15) is 0 Å². The number of likely N-dealkylation sites (tertiary alicyclic amines) is 1. The number of hydrogen-bond donors (Lipinski definition) is 1. The van der Waals surface area contributed by atoms with E-state index in [2.05, 4.69) is 24.1 Å². The first-order valence-electron chi connectivity index (χ1n) is 10.0. The minimum absolute atomic E-state index is 0.0523. The molecule has 6 heteroatoms. The molecule has 2 fully saturated rings. The molecule has 1 aromatic carbocycles. The van der Waals surface area contributed by atoms with Crippen LogP contribution in [0.4, 0.5) is 0 Å². The van der Waals surface area contributed by atoms with E-state index in [0.29, 0.717) is 37.0 Å². The number of carbonyl (C=O) groups excluding carboxylic acids is 2. The quantitative estimate of drug-likeness (QED) is 0.793. The van der Waals surface area contributed by atoms with Crippen molar-refractivity contribution in [1.29, 1.82) is 0 Å². The van der Waals surface area contributed by atoms with Gasteiger partial charge in [0.1, 0.15) is 0 Å². The van der Waals surface area contributed by atoms with Gasteiger partial charge < -0.3 is 15.0 Å². The number of nitrogens with one attached hydrogen (secondary N) is 1. The highest BCUT2D eigenvalue weighted by Gasteiger charge is 2.24. The Morgan fingerprint density at radius 3 is 2.67 bits per heavy atom. The summed E-state index contributed by atoms with van der Waals surface area (Å²) in [6.07, 6.45) is 1.56. The minimum Gasteiger partial charge on any atom is -0.379 e. The molecule has 3 rings (SSSR count). The third-order valence-electron chi connectivity index (χ3n) is 5.49. The van der Waals surface area contributed by atoms with E-state index in [1.165, 1.54) is 0 Å². The summed E-state index contributed by atoms with van der Waals surface area (Å²) in [4.78, 5) is 28.8. The summed E-state index contributed by atoms with van der Waals surface area (Å²) in [7, 11) is 0. The lowest BCUT2D eigenvalue weighted by molar-refractivity contribution is -0.128. The predicted octanol–water partition coefficient (Wildman–Crippen LogP) is 1.90. The Bertz CT molecular complexity index is 656. The molecule has 2 amide bonds. The van der Waals surface area contributed by atoms with E-state index in [1.807, 2.05) is 29.2 Å². The summed E-state index contributed by atoms with van der Waals surface area (Å²) < 4.78 is 5.44. The summed E-state index contributed by atoms with van der Waals surface area (Å²) in [6.45, 7) is 9.76. The molecule has 0 aromatic heterocycles. The van der Waals surface area contributed by atoms with Crippen LogP contribution < -0.4 is 5.32 Å². The van der Waals surface area contributed by atoms with Gasteiger partial charge >= 0.3 is 0 Å². The van der Waals surface area contributed by atoms with Gasteiger partial charge in [0.2, 0.25) is 5.91 Å². The molecular weight excluding hydrogens is 342 g/mol. The van der Waals surface area contributed by atoms with Gasteiger partial charge in [-0.05, 0) is 30.0 Å². The summed E-state index contributed by atoms with van der Waals surface area (Å²) in [5.74, 6) is 0.606. The number of carbonyl (C=O) groups is 2. The van der Waals surface area contributed by atoms with E-state index >= 15 is 0 Å². The summed E-state index contributed by atoms with van der Waals surface area (Å²) in [5.41, 5.74) is 1.66. The minimum atomic E-state index is -0.0523. The van der Waals surface area contributed by atoms with Crippen LogP contribution >= 0.6 is 0 Å². The van der Waals surface area contributed by atoms with Gasteiger partial charge in [-0.25, -0.2) is 0 Å². The fourth-order valence-electron chi connectivity index (χ4n) is 3.90. The Morgan fingerprint density at radius 1 is 1.22 bits per heavy atom. The highest BCUT2D eigenvalue weighted by Crippen LogP contribution is 2.16. The molecule has 0 radical (unpaired) electrons. The summed E-state index contributed by atoms with van der Waals surface area (Å²) in [6, 6.07) is 7.92. The van der Waals surface area contributed by atoms with Gasteiger partial charge in [0, 0.05) is 50.7 Å². The van der Waals surface area contributed by atoms with Crippen molar-refractivity contribution in [3.05, 3.63) is 35.4 Å². The first-order chi connectivity index (χ1) is 13.0. The molecule has 0 bridgehead atoms. The molecule has 0 spiro atoms. The van der Waals surface area contributed by atoms with Crippen molar-refractivity contribution in [1.82, 2.24) is 15.1 Å². The molecule has 148 valence electrons. The largest absolute Gasteiger partial charge is 0.379 e. The zero-order chi connectivity index (χ0) is 19.2. The maximum Gasteiger partial charge on any atom is 0.251 e. The smallest absolute Gasteiger partial charge is 0.251 e. The Balaban J connectivity index is 1.58. The number of nitrogens with zero attached hydrogens (tertiary/aromatic N) is 2. The Morgan fingerprint density at radius 2 is 2.00 bits per heavy atom. The monoisotopic (exact) mass is 373 g/mol. The second-order valence-electron chi connectivity index (χ2n) is 7.79. The molecule has 2 aliphatic heterocycles. The van der Waals surface area contributed by atoms with Crippen LogP contribution in [-0.4, -0.2) is 67.0 Å². The maximum atomic E-state index is 12.7. The molecule has 1 unspecified atom stereocenters. The van der Waals surface area contributed by atoms with Crippen LogP contribution in [0.5, 0.6) is 0 Å². The van der Waals surface area contributed by atoms with E-state index in [4.69, 9.17) is 4.74 Å². The molecule has 1 atom stereocenters. The van der Waals surface area contributed by atoms with E-state index in [9.17, 15) is 9.59 Å². The van der Waals surface area contributed by atoms with E-state index in [-0.39, 0.29) is 11.8 Å². The van der Waals surface area contributed by atoms with Gasteiger partial charge in [0.25, 0.3) is 5.91 Å². The molecule has 1 aromatic rings. The number of hydrogen-bond acceptors (Lipinski definition) is 4. The van der Waals surface area contributed by atoms with Crippen LogP contribution in [-0.2, 0) is 16.1 Å². The van der Waals surface area contributed by atoms with Crippen LogP contribution in [0.1, 0.15) is 42.6 Å². The highest BCUT2D eigenvalue weighted by atomic mass is 16.5. The van der Waals surface area contributed by atoms with Crippen LogP contribution in [0.25, 0.3) is 0 Å². The molecule has 2 saturated heterocycles. The Kier molecular flexibility index (Phi) is 6.85. The maximum absolute atomic E-state index is 12.7. The first kappa shape index (κ1) is 19.8. The number of rotatable bonds is 7. The Labute approximate surface area is 161 Å². The molecule has 0 saturated carbocycles. The van der Waals surface area contributed by atoms with Crippen LogP contribution in [0.2, 0.25) is 0 Å². The average Bonchev–Trinajstić information content (AvgIpc) is 3.07. The van der Waals surface area contributed by atoms with Gasteiger partial charge in [-0.15, -0.1) is 0 Å². The number of benzene rings is 1. The summed E-state index contributed by atoms with van der Waals surface area (Å²) in [5, 5.41) is 3.11. The van der Waals surface area contributed by atoms with Gasteiger partial charge in [0.15, 0.2) is 0 Å². The topological polar surface area (TPSA) is 61.9 Å². The molecule has 2 heterocycles. The van der Waals surface area contributed by atoms with E-state index < -0.39 is 0 Å². The van der Waals surface area contributed by atoms with Crippen molar-refractivity contribution in [2.24, 2.45) is 5.92 Å². The van der Waals surface area contributed by atoms with Crippen LogP contribution in [0.15, 0.2) is 24.3 Å². The van der Waals surface area contributed by atoms with E-state index in [1.54, 1.807) is 0 Å². The predicted molar refractivity (Wildman–Crippen MR) is 104 cm³/mol. The second kappa shape index (κ2) is 9.33. The van der Waals surface area contributed by atoms with Gasteiger partial charge in [0.05, 0.1) is 13.2 Å². The molecule has 2 aliphatic rings. The van der Waals surface area contributed by atoms with Crippen LogP contribution in [0.3, 0.4) is 0 Å². The van der Waals surface area contributed by atoms with Crippen molar-refractivity contribution < 1.29 is 14.3 Å². The summed E-state index contributed by atoms with van der Waals surface area (Å²) >= 11 is 0. The van der Waals surface area contributed by atoms with E-state index in [0.717, 1.165) is 44.8 Å². The zero-order valence-corrected chi connectivity index (χ0v) is 16.4. The highest BCUT2D eigenvalue weighted by molar-refractivity contribution is 5.94. The van der Waals surface area contributed by atoms with Crippen molar-refractivity contribution in [2.45, 2.75) is 39.3 Å². The number of morpholine rings is 1. The number of ether oxygens (including phenoxy) is 1. The molecular formula is C21H31N3O3.